The second-order valence-corrected chi connectivity index (χ2v) is 4.36. The van der Waals surface area contributed by atoms with Gasteiger partial charge in [0.15, 0.2) is 0 Å². The Morgan fingerprint density at radius 2 is 2.20 bits per heavy atom. The molecule has 4 nitrogen and oxygen atoms in total. The van der Waals surface area contributed by atoms with E-state index < -0.39 is 12.1 Å². The molecule has 1 aliphatic carbocycles. The fourth-order valence-electron chi connectivity index (χ4n) is 2.01. The van der Waals surface area contributed by atoms with Gasteiger partial charge in [-0.05, 0) is 19.3 Å². The van der Waals surface area contributed by atoms with E-state index in [9.17, 15) is 9.90 Å². The van der Waals surface area contributed by atoms with Gasteiger partial charge in [-0.3, -0.25) is 4.79 Å². The largest absolute Gasteiger partial charge is 0.391 e. The number of carbonyl (C=O) groups excluding carboxylic acids is 1. The van der Waals surface area contributed by atoms with Crippen molar-refractivity contribution in [1.29, 1.82) is 0 Å². The zero-order valence-corrected chi connectivity index (χ0v) is 9.41. The summed E-state index contributed by atoms with van der Waals surface area (Å²) in [5.41, 5.74) is 5.70. The van der Waals surface area contributed by atoms with Crippen molar-refractivity contribution in [1.82, 2.24) is 5.32 Å². The number of nitrogens with two attached hydrogens (primary N) is 1. The van der Waals surface area contributed by atoms with Crippen LogP contribution >= 0.6 is 0 Å². The van der Waals surface area contributed by atoms with Gasteiger partial charge in [0.1, 0.15) is 0 Å². The molecule has 3 atom stereocenters. The molecule has 88 valence electrons. The van der Waals surface area contributed by atoms with E-state index in [4.69, 9.17) is 5.73 Å². The van der Waals surface area contributed by atoms with Crippen LogP contribution in [0, 0.1) is 0 Å². The van der Waals surface area contributed by atoms with E-state index in [1.807, 2.05) is 6.92 Å². The number of nitrogens with one attached hydrogen (secondary N) is 1. The molecule has 1 saturated carbocycles. The highest BCUT2D eigenvalue weighted by atomic mass is 16.3. The Morgan fingerprint density at radius 3 is 2.80 bits per heavy atom. The molecule has 0 unspecified atom stereocenters. The van der Waals surface area contributed by atoms with Crippen LogP contribution in [0.15, 0.2) is 0 Å². The van der Waals surface area contributed by atoms with Gasteiger partial charge in [-0.25, -0.2) is 0 Å². The number of rotatable bonds is 4. The average molecular weight is 214 g/mol. The molecule has 0 aliphatic heterocycles. The third kappa shape index (κ3) is 3.80. The van der Waals surface area contributed by atoms with Crippen LogP contribution in [0.4, 0.5) is 0 Å². The van der Waals surface area contributed by atoms with Crippen molar-refractivity contribution in [2.45, 2.75) is 63.6 Å². The molecule has 1 amide bonds. The maximum atomic E-state index is 11.6. The van der Waals surface area contributed by atoms with Crippen molar-refractivity contribution in [3.63, 3.8) is 0 Å². The van der Waals surface area contributed by atoms with Crippen molar-refractivity contribution >= 4 is 5.91 Å². The molecule has 0 bridgehead atoms. The Balaban J connectivity index is 2.35. The molecular formula is C11H22N2O2. The predicted octanol–water partition coefficient (Wildman–Crippen LogP) is 0.533. The molecule has 4 N–H and O–H groups in total. The highest BCUT2D eigenvalue weighted by molar-refractivity contribution is 5.81. The van der Waals surface area contributed by atoms with Gasteiger partial charge < -0.3 is 16.2 Å². The first-order valence-electron chi connectivity index (χ1n) is 5.89. The lowest BCUT2D eigenvalue weighted by Gasteiger charge is -2.29. The summed E-state index contributed by atoms with van der Waals surface area (Å²) in [6, 6.07) is -0.515. The molecule has 4 heteroatoms. The van der Waals surface area contributed by atoms with Gasteiger partial charge >= 0.3 is 0 Å². The van der Waals surface area contributed by atoms with E-state index in [-0.39, 0.29) is 11.9 Å². The Kier molecular flexibility index (Phi) is 5.05. The van der Waals surface area contributed by atoms with Crippen molar-refractivity contribution in [3.05, 3.63) is 0 Å². The summed E-state index contributed by atoms with van der Waals surface area (Å²) in [5, 5.41) is 12.5. The number of hydrogen-bond donors (Lipinski definition) is 3. The molecule has 1 rings (SSSR count). The minimum absolute atomic E-state index is 0.0887. The van der Waals surface area contributed by atoms with E-state index in [1.54, 1.807) is 0 Å². The summed E-state index contributed by atoms with van der Waals surface area (Å²) >= 11 is 0. The average Bonchev–Trinajstić information content (AvgIpc) is 2.21. The van der Waals surface area contributed by atoms with Crippen molar-refractivity contribution in [2.75, 3.05) is 0 Å². The number of amides is 1. The van der Waals surface area contributed by atoms with E-state index in [2.05, 4.69) is 5.32 Å². The summed E-state index contributed by atoms with van der Waals surface area (Å²) in [4.78, 5) is 11.6. The Hall–Kier alpha value is -0.610. The molecule has 1 aliphatic rings. The smallest absolute Gasteiger partial charge is 0.237 e. The third-order valence-electron chi connectivity index (χ3n) is 2.99. The lowest BCUT2D eigenvalue weighted by atomic mass is 9.92. The lowest BCUT2D eigenvalue weighted by molar-refractivity contribution is -0.124. The van der Waals surface area contributed by atoms with Crippen molar-refractivity contribution in [2.24, 2.45) is 5.73 Å². The fourth-order valence-corrected chi connectivity index (χ4v) is 2.01. The summed E-state index contributed by atoms with van der Waals surface area (Å²) in [6.07, 6.45) is 4.99. The van der Waals surface area contributed by atoms with Gasteiger partial charge in [-0.15, -0.1) is 0 Å². The van der Waals surface area contributed by atoms with Crippen LogP contribution in [-0.4, -0.2) is 29.2 Å². The second kappa shape index (κ2) is 6.08. The standard InChI is InChI=1S/C11H22N2O2/c1-2-5-8(12)11(15)13-9-6-3-4-7-10(9)14/h8-10,14H,2-7,12H2,1H3,(H,13,15)/t8-,9+,10+/m1/s1. The molecule has 0 aromatic rings. The third-order valence-corrected chi connectivity index (χ3v) is 2.99. The first kappa shape index (κ1) is 12.5. The molecule has 0 aromatic heterocycles. The van der Waals surface area contributed by atoms with Crippen LogP contribution in [0.1, 0.15) is 45.4 Å². The van der Waals surface area contributed by atoms with E-state index in [0.717, 1.165) is 32.1 Å². The minimum atomic E-state index is -0.427. The fraction of sp³-hybridized carbons (Fsp3) is 0.909. The number of hydrogen-bond acceptors (Lipinski definition) is 3. The normalized spacial score (nSPS) is 28.5. The van der Waals surface area contributed by atoms with Crippen LogP contribution in [0.3, 0.4) is 0 Å². The first-order valence-corrected chi connectivity index (χ1v) is 5.89. The zero-order valence-electron chi connectivity index (χ0n) is 9.41. The van der Waals surface area contributed by atoms with E-state index in [1.165, 1.54) is 0 Å². The summed E-state index contributed by atoms with van der Waals surface area (Å²) in [7, 11) is 0. The SMILES string of the molecule is CCC[C@@H](N)C(=O)N[C@H]1CCCC[C@@H]1O. The van der Waals surface area contributed by atoms with Crippen molar-refractivity contribution in [3.8, 4) is 0 Å². The molecule has 1 fully saturated rings. The molecule has 0 saturated heterocycles. The Bertz CT molecular complexity index is 209. The van der Waals surface area contributed by atoms with Crippen LogP contribution in [0.25, 0.3) is 0 Å². The van der Waals surface area contributed by atoms with Gasteiger partial charge in [-0.1, -0.05) is 26.2 Å². The molecular weight excluding hydrogens is 192 g/mol. The Morgan fingerprint density at radius 1 is 1.53 bits per heavy atom. The predicted molar refractivity (Wildman–Crippen MR) is 59.3 cm³/mol. The van der Waals surface area contributed by atoms with Crippen LogP contribution in [-0.2, 0) is 4.79 Å². The lowest BCUT2D eigenvalue weighted by Crippen LogP contribution is -2.50. The number of aliphatic hydroxyl groups excluding tert-OH is 1. The maximum absolute atomic E-state index is 11.6. The molecule has 15 heavy (non-hydrogen) atoms. The number of aliphatic hydroxyl groups is 1. The highest BCUT2D eigenvalue weighted by Gasteiger charge is 2.25. The van der Waals surface area contributed by atoms with Crippen LogP contribution < -0.4 is 11.1 Å². The van der Waals surface area contributed by atoms with Crippen LogP contribution in [0.5, 0.6) is 0 Å². The second-order valence-electron chi connectivity index (χ2n) is 4.36. The number of carbonyl (C=O) groups is 1. The summed E-state index contributed by atoms with van der Waals surface area (Å²) < 4.78 is 0. The molecule has 0 spiro atoms. The van der Waals surface area contributed by atoms with Gasteiger partial charge in [0, 0.05) is 0 Å². The monoisotopic (exact) mass is 214 g/mol. The summed E-state index contributed by atoms with van der Waals surface area (Å²) in [6.45, 7) is 2.00. The maximum Gasteiger partial charge on any atom is 0.237 e. The summed E-state index contributed by atoms with van der Waals surface area (Å²) in [5.74, 6) is -0.122. The van der Waals surface area contributed by atoms with Crippen molar-refractivity contribution < 1.29 is 9.90 Å². The van der Waals surface area contributed by atoms with Gasteiger partial charge in [0.25, 0.3) is 0 Å². The Labute approximate surface area is 91.2 Å². The molecule has 0 radical (unpaired) electrons. The van der Waals surface area contributed by atoms with Crippen LogP contribution in [0.2, 0.25) is 0 Å². The minimum Gasteiger partial charge on any atom is -0.391 e. The molecule has 0 aromatic carbocycles. The topological polar surface area (TPSA) is 75.4 Å². The van der Waals surface area contributed by atoms with Gasteiger partial charge in [-0.2, -0.15) is 0 Å². The van der Waals surface area contributed by atoms with E-state index >= 15 is 0 Å². The van der Waals surface area contributed by atoms with E-state index in [0.29, 0.717) is 6.42 Å². The molecule has 0 heterocycles. The zero-order chi connectivity index (χ0) is 11.3. The quantitative estimate of drug-likeness (QED) is 0.639. The van der Waals surface area contributed by atoms with Gasteiger partial charge in [0.05, 0.1) is 18.2 Å². The highest BCUT2D eigenvalue weighted by Crippen LogP contribution is 2.18. The van der Waals surface area contributed by atoms with Gasteiger partial charge in [0.2, 0.25) is 5.91 Å². The first-order chi connectivity index (χ1) is 7.15.